The molecule has 8 nitrogen and oxygen atoms in total. The van der Waals surface area contributed by atoms with Crippen molar-refractivity contribution < 1.29 is 33.0 Å². The van der Waals surface area contributed by atoms with Crippen LogP contribution >= 0.6 is 0 Å². The number of rotatable bonds is 12. The van der Waals surface area contributed by atoms with Crippen LogP contribution in [0.3, 0.4) is 0 Å². The minimum absolute atomic E-state index is 0.181. The molecule has 0 aliphatic carbocycles. The van der Waals surface area contributed by atoms with E-state index in [9.17, 15) is 18.8 Å². The molecule has 0 spiro atoms. The predicted octanol–water partition coefficient (Wildman–Crippen LogP) is 2.25. The summed E-state index contributed by atoms with van der Waals surface area (Å²) in [4.78, 5) is 35.4. The van der Waals surface area contributed by atoms with E-state index in [2.05, 4.69) is 10.6 Å². The summed E-state index contributed by atoms with van der Waals surface area (Å²) in [6.45, 7) is 4.18. The highest BCUT2D eigenvalue weighted by Gasteiger charge is 2.13. The Labute approximate surface area is 186 Å². The lowest BCUT2D eigenvalue weighted by molar-refractivity contribution is -0.147. The number of ether oxygens (including phenoxy) is 3. The Morgan fingerprint density at radius 2 is 1.66 bits per heavy atom. The van der Waals surface area contributed by atoms with Crippen molar-refractivity contribution in [3.05, 3.63) is 59.4 Å². The Kier molecular flexibility index (Phi) is 9.96. The normalized spacial score (nSPS) is 10.2. The molecule has 2 aromatic carbocycles. The van der Waals surface area contributed by atoms with Gasteiger partial charge in [0.15, 0.2) is 18.1 Å². The summed E-state index contributed by atoms with van der Waals surface area (Å²) < 4.78 is 29.4. The summed E-state index contributed by atoms with van der Waals surface area (Å²) >= 11 is 0. The molecule has 0 saturated heterocycles. The SMILES string of the molecule is CCOc1ccc(CCNC(=O)COC(=O)CNC(=O)c2ccccc2F)cc1OCC. The van der Waals surface area contributed by atoms with E-state index in [0.29, 0.717) is 37.7 Å². The van der Waals surface area contributed by atoms with Crippen LogP contribution in [-0.2, 0) is 20.7 Å². The van der Waals surface area contributed by atoms with Crippen LogP contribution in [0, 0.1) is 5.82 Å². The summed E-state index contributed by atoms with van der Waals surface area (Å²) in [5, 5.41) is 4.90. The van der Waals surface area contributed by atoms with Crippen molar-refractivity contribution in [2.75, 3.05) is 32.9 Å². The fraction of sp³-hybridized carbons (Fsp3) is 0.348. The minimum atomic E-state index is -0.808. The number of benzene rings is 2. The fourth-order valence-electron chi connectivity index (χ4n) is 2.74. The van der Waals surface area contributed by atoms with E-state index in [0.717, 1.165) is 11.6 Å². The number of hydrogen-bond acceptors (Lipinski definition) is 6. The zero-order valence-corrected chi connectivity index (χ0v) is 18.1. The van der Waals surface area contributed by atoms with Crippen LogP contribution < -0.4 is 20.1 Å². The molecule has 9 heteroatoms. The number of esters is 1. The van der Waals surface area contributed by atoms with E-state index in [1.54, 1.807) is 0 Å². The molecule has 2 amide bonds. The fourth-order valence-corrected chi connectivity index (χ4v) is 2.74. The molecule has 0 fully saturated rings. The number of halogens is 1. The second-order valence-corrected chi connectivity index (χ2v) is 6.57. The first-order valence-electron chi connectivity index (χ1n) is 10.3. The number of amides is 2. The molecule has 2 rings (SSSR count). The Morgan fingerprint density at radius 1 is 0.938 bits per heavy atom. The van der Waals surface area contributed by atoms with Crippen LogP contribution in [-0.4, -0.2) is 50.7 Å². The van der Waals surface area contributed by atoms with Crippen molar-refractivity contribution in [3.63, 3.8) is 0 Å². The monoisotopic (exact) mass is 446 g/mol. The van der Waals surface area contributed by atoms with Crippen LogP contribution in [0.25, 0.3) is 0 Å². The van der Waals surface area contributed by atoms with E-state index in [1.807, 2.05) is 32.0 Å². The van der Waals surface area contributed by atoms with E-state index in [4.69, 9.17) is 14.2 Å². The molecule has 0 saturated carbocycles. The Balaban J connectivity index is 1.70. The highest BCUT2D eigenvalue weighted by molar-refractivity contribution is 5.96. The van der Waals surface area contributed by atoms with Gasteiger partial charge in [-0.3, -0.25) is 14.4 Å². The molecular formula is C23H27FN2O6. The van der Waals surface area contributed by atoms with Crippen molar-refractivity contribution in [3.8, 4) is 11.5 Å². The predicted molar refractivity (Wildman–Crippen MR) is 115 cm³/mol. The number of carbonyl (C=O) groups is 3. The van der Waals surface area contributed by atoms with E-state index in [-0.39, 0.29) is 5.56 Å². The molecule has 0 aliphatic heterocycles. The smallest absolute Gasteiger partial charge is 0.325 e. The third-order valence-electron chi connectivity index (χ3n) is 4.22. The lowest BCUT2D eigenvalue weighted by Crippen LogP contribution is -2.34. The van der Waals surface area contributed by atoms with Crippen LogP contribution in [0.15, 0.2) is 42.5 Å². The van der Waals surface area contributed by atoms with Gasteiger partial charge in [-0.05, 0) is 50.1 Å². The third-order valence-corrected chi connectivity index (χ3v) is 4.22. The third kappa shape index (κ3) is 7.90. The summed E-state index contributed by atoms with van der Waals surface area (Å²) in [7, 11) is 0. The van der Waals surface area contributed by atoms with Gasteiger partial charge in [-0.25, -0.2) is 4.39 Å². The van der Waals surface area contributed by atoms with Crippen molar-refractivity contribution >= 4 is 17.8 Å². The van der Waals surface area contributed by atoms with Crippen LogP contribution in [0.4, 0.5) is 4.39 Å². The average molecular weight is 446 g/mol. The second kappa shape index (κ2) is 12.9. The highest BCUT2D eigenvalue weighted by Crippen LogP contribution is 2.28. The van der Waals surface area contributed by atoms with E-state index >= 15 is 0 Å². The molecule has 2 N–H and O–H groups in total. The average Bonchev–Trinajstić information content (AvgIpc) is 2.78. The zero-order chi connectivity index (χ0) is 23.3. The number of nitrogens with one attached hydrogen (secondary N) is 2. The minimum Gasteiger partial charge on any atom is -0.490 e. The largest absolute Gasteiger partial charge is 0.490 e. The van der Waals surface area contributed by atoms with Gasteiger partial charge in [0.2, 0.25) is 0 Å². The van der Waals surface area contributed by atoms with E-state index < -0.39 is 36.8 Å². The van der Waals surface area contributed by atoms with Gasteiger partial charge in [-0.1, -0.05) is 18.2 Å². The van der Waals surface area contributed by atoms with Gasteiger partial charge in [-0.2, -0.15) is 0 Å². The Bertz CT molecular complexity index is 934. The quantitative estimate of drug-likeness (QED) is 0.485. The summed E-state index contributed by atoms with van der Waals surface area (Å²) in [5.74, 6) is -1.42. The van der Waals surface area contributed by atoms with Crippen LogP contribution in [0.1, 0.15) is 29.8 Å². The first-order valence-corrected chi connectivity index (χ1v) is 10.3. The van der Waals surface area contributed by atoms with Gasteiger partial charge in [0, 0.05) is 6.54 Å². The number of hydrogen-bond donors (Lipinski definition) is 2. The molecule has 0 unspecified atom stereocenters. The van der Waals surface area contributed by atoms with Crippen molar-refractivity contribution in [1.82, 2.24) is 10.6 Å². The molecule has 0 aliphatic rings. The first-order chi connectivity index (χ1) is 15.4. The maximum absolute atomic E-state index is 13.5. The van der Waals surface area contributed by atoms with Gasteiger partial charge < -0.3 is 24.8 Å². The molecule has 172 valence electrons. The number of carbonyl (C=O) groups excluding carboxylic acids is 3. The molecule has 0 heterocycles. The molecule has 0 bridgehead atoms. The van der Waals surface area contributed by atoms with Gasteiger partial charge in [0.1, 0.15) is 12.4 Å². The van der Waals surface area contributed by atoms with Crippen molar-refractivity contribution in [2.45, 2.75) is 20.3 Å². The highest BCUT2D eigenvalue weighted by atomic mass is 19.1. The summed E-state index contributed by atoms with van der Waals surface area (Å²) in [6, 6.07) is 11.0. The second-order valence-electron chi connectivity index (χ2n) is 6.57. The summed E-state index contributed by atoms with van der Waals surface area (Å²) in [5.41, 5.74) is 0.768. The van der Waals surface area contributed by atoms with E-state index in [1.165, 1.54) is 18.2 Å². The molecule has 2 aromatic rings. The maximum Gasteiger partial charge on any atom is 0.325 e. The standard InChI is InChI=1S/C23H27FN2O6/c1-3-30-19-10-9-16(13-20(19)31-4-2)11-12-25-21(27)15-32-22(28)14-26-23(29)17-7-5-6-8-18(17)24/h5-10,13H,3-4,11-12,14-15H2,1-2H3,(H,25,27)(H,26,29). The molecule has 0 radical (unpaired) electrons. The topological polar surface area (TPSA) is 103 Å². The van der Waals surface area contributed by atoms with Crippen molar-refractivity contribution in [2.24, 2.45) is 0 Å². The molecule has 0 aromatic heterocycles. The van der Waals surface area contributed by atoms with Gasteiger partial charge in [0.25, 0.3) is 11.8 Å². The Hall–Kier alpha value is -3.62. The van der Waals surface area contributed by atoms with Gasteiger partial charge in [-0.15, -0.1) is 0 Å². The van der Waals surface area contributed by atoms with Crippen LogP contribution in [0.5, 0.6) is 11.5 Å². The Morgan fingerprint density at radius 3 is 2.38 bits per heavy atom. The lowest BCUT2D eigenvalue weighted by Gasteiger charge is -2.12. The van der Waals surface area contributed by atoms with Gasteiger partial charge in [0.05, 0.1) is 18.8 Å². The van der Waals surface area contributed by atoms with Crippen LogP contribution in [0.2, 0.25) is 0 Å². The molecule has 32 heavy (non-hydrogen) atoms. The zero-order valence-electron chi connectivity index (χ0n) is 18.1. The van der Waals surface area contributed by atoms with Gasteiger partial charge >= 0.3 is 5.97 Å². The van der Waals surface area contributed by atoms with Crippen molar-refractivity contribution in [1.29, 1.82) is 0 Å². The molecule has 0 atom stereocenters. The first kappa shape index (κ1) is 24.6. The maximum atomic E-state index is 13.5. The molecular weight excluding hydrogens is 419 g/mol. The lowest BCUT2D eigenvalue weighted by atomic mass is 10.1. The summed E-state index contributed by atoms with van der Waals surface area (Å²) in [6.07, 6.45) is 0.546.